The van der Waals surface area contributed by atoms with E-state index in [1.807, 2.05) is 4.90 Å². The Morgan fingerprint density at radius 3 is 2.38 bits per heavy atom. The van der Waals surface area contributed by atoms with Crippen molar-refractivity contribution in [3.05, 3.63) is 47.8 Å². The molecule has 1 N–H and O–H groups in total. The topological polar surface area (TPSA) is 105 Å². The number of piperazine rings is 1. The zero-order chi connectivity index (χ0) is 20.8. The van der Waals surface area contributed by atoms with E-state index in [2.05, 4.69) is 15.3 Å². The molecule has 1 aliphatic heterocycles. The van der Waals surface area contributed by atoms with Crippen molar-refractivity contribution in [2.75, 3.05) is 43.0 Å². The van der Waals surface area contributed by atoms with Crippen LogP contribution >= 0.6 is 0 Å². The zero-order valence-electron chi connectivity index (χ0n) is 16.4. The van der Waals surface area contributed by atoms with Crippen LogP contribution in [0.5, 0.6) is 0 Å². The summed E-state index contributed by atoms with van der Waals surface area (Å²) in [6, 6.07) is 7.99. The highest BCUT2D eigenvalue weighted by Gasteiger charge is 2.21. The van der Waals surface area contributed by atoms with Crippen molar-refractivity contribution in [1.29, 1.82) is 0 Å². The molecular formula is C20H23N5O4. The second kappa shape index (κ2) is 9.13. The third-order valence-electron chi connectivity index (χ3n) is 4.54. The highest BCUT2D eigenvalue weighted by Crippen LogP contribution is 2.14. The third-order valence-corrected chi connectivity index (χ3v) is 4.54. The maximum atomic E-state index is 12.5. The average molecular weight is 397 g/mol. The summed E-state index contributed by atoms with van der Waals surface area (Å²) in [6.07, 6.45) is 1.54. The van der Waals surface area contributed by atoms with Gasteiger partial charge in [-0.25, -0.2) is 14.8 Å². The predicted octanol–water partition coefficient (Wildman–Crippen LogP) is 1.57. The fraction of sp³-hybridized carbons (Fsp3) is 0.350. The fourth-order valence-corrected chi connectivity index (χ4v) is 2.95. The van der Waals surface area contributed by atoms with Crippen LogP contribution in [0.3, 0.4) is 0 Å². The monoisotopic (exact) mass is 397 g/mol. The number of carbonyl (C=O) groups is 3. The third kappa shape index (κ3) is 5.07. The van der Waals surface area contributed by atoms with Crippen LogP contribution in [0.15, 0.2) is 36.5 Å². The van der Waals surface area contributed by atoms with Crippen LogP contribution in [0.4, 0.5) is 11.6 Å². The first-order valence-electron chi connectivity index (χ1n) is 9.40. The Labute approximate surface area is 168 Å². The number of carbonyl (C=O) groups excluding carboxylic acids is 3. The molecule has 1 aliphatic rings. The number of hydrogen-bond donors (Lipinski definition) is 1. The number of rotatable bonds is 5. The largest absolute Gasteiger partial charge is 0.462 e. The first kappa shape index (κ1) is 20.2. The molecule has 152 valence electrons. The molecule has 3 rings (SSSR count). The van der Waals surface area contributed by atoms with Crippen molar-refractivity contribution < 1.29 is 19.1 Å². The molecule has 29 heavy (non-hydrogen) atoms. The van der Waals surface area contributed by atoms with Gasteiger partial charge in [-0.15, -0.1) is 0 Å². The molecule has 0 aliphatic carbocycles. The smallest absolute Gasteiger partial charge is 0.338 e. The number of benzene rings is 1. The van der Waals surface area contributed by atoms with Gasteiger partial charge in [0.15, 0.2) is 0 Å². The van der Waals surface area contributed by atoms with Crippen LogP contribution in [0, 0.1) is 0 Å². The molecule has 2 aromatic rings. The second-order valence-electron chi connectivity index (χ2n) is 6.49. The maximum absolute atomic E-state index is 12.5. The zero-order valence-corrected chi connectivity index (χ0v) is 16.4. The molecule has 1 fully saturated rings. The van der Waals surface area contributed by atoms with Crippen LogP contribution in [0.2, 0.25) is 0 Å². The Kier molecular flexibility index (Phi) is 6.38. The highest BCUT2D eigenvalue weighted by molar-refractivity contribution is 6.03. The molecule has 2 heterocycles. The summed E-state index contributed by atoms with van der Waals surface area (Å²) < 4.78 is 4.94. The van der Waals surface area contributed by atoms with Gasteiger partial charge in [0.05, 0.1) is 12.2 Å². The molecule has 1 aromatic heterocycles. The lowest BCUT2D eigenvalue weighted by atomic mass is 10.2. The van der Waals surface area contributed by atoms with Crippen LogP contribution < -0.4 is 10.2 Å². The number of aromatic nitrogens is 2. The summed E-state index contributed by atoms with van der Waals surface area (Å²) in [5, 5.41) is 2.76. The van der Waals surface area contributed by atoms with Gasteiger partial charge in [-0.2, -0.15) is 0 Å². The molecule has 0 bridgehead atoms. The van der Waals surface area contributed by atoms with Crippen molar-refractivity contribution in [2.45, 2.75) is 13.8 Å². The standard InChI is InChI=1S/C20H23N5O4/c1-3-29-19(28)15-4-6-16(7-5-15)22-18(27)17-8-9-21-20(23-17)25-12-10-24(11-13-25)14(2)26/h4-9H,3,10-13H2,1-2H3,(H,22,27). The SMILES string of the molecule is CCOC(=O)c1ccc(NC(=O)c2ccnc(N3CCN(C(C)=O)CC3)n2)cc1. The van der Waals surface area contributed by atoms with Gasteiger partial charge < -0.3 is 19.9 Å². The minimum atomic E-state index is -0.407. The minimum Gasteiger partial charge on any atom is -0.462 e. The molecule has 9 nitrogen and oxygen atoms in total. The normalized spacial score (nSPS) is 13.7. The lowest BCUT2D eigenvalue weighted by Crippen LogP contribution is -2.48. The van der Waals surface area contributed by atoms with Gasteiger partial charge in [-0.05, 0) is 37.3 Å². The number of esters is 1. The van der Waals surface area contributed by atoms with Gasteiger partial charge in [0.2, 0.25) is 11.9 Å². The van der Waals surface area contributed by atoms with Gasteiger partial charge in [0.1, 0.15) is 5.69 Å². The van der Waals surface area contributed by atoms with Gasteiger partial charge in [-0.1, -0.05) is 0 Å². The summed E-state index contributed by atoms with van der Waals surface area (Å²) >= 11 is 0. The van der Waals surface area contributed by atoms with Crippen molar-refractivity contribution in [2.24, 2.45) is 0 Å². The second-order valence-corrected chi connectivity index (χ2v) is 6.49. The van der Waals surface area contributed by atoms with Crippen LogP contribution in [-0.2, 0) is 9.53 Å². The molecule has 0 unspecified atom stereocenters. The van der Waals surface area contributed by atoms with Crippen LogP contribution in [0.1, 0.15) is 34.7 Å². The summed E-state index contributed by atoms with van der Waals surface area (Å²) in [5.41, 5.74) is 1.19. The van der Waals surface area contributed by atoms with Crippen molar-refractivity contribution >= 4 is 29.4 Å². The van der Waals surface area contributed by atoms with Crippen molar-refractivity contribution in [1.82, 2.24) is 14.9 Å². The molecule has 1 aromatic carbocycles. The lowest BCUT2D eigenvalue weighted by Gasteiger charge is -2.34. The highest BCUT2D eigenvalue weighted by atomic mass is 16.5. The van der Waals surface area contributed by atoms with E-state index in [1.165, 1.54) is 6.07 Å². The van der Waals surface area contributed by atoms with E-state index in [-0.39, 0.29) is 17.5 Å². The first-order chi connectivity index (χ1) is 14.0. The maximum Gasteiger partial charge on any atom is 0.338 e. The first-order valence-corrected chi connectivity index (χ1v) is 9.40. The molecule has 1 saturated heterocycles. The summed E-state index contributed by atoms with van der Waals surface area (Å²) in [4.78, 5) is 48.0. The summed E-state index contributed by atoms with van der Waals surface area (Å²) in [7, 11) is 0. The predicted molar refractivity (Wildman–Crippen MR) is 107 cm³/mol. The quantitative estimate of drug-likeness (QED) is 0.764. The molecule has 0 spiro atoms. The van der Waals surface area contributed by atoms with E-state index in [0.29, 0.717) is 50.0 Å². The molecular weight excluding hydrogens is 374 g/mol. The van der Waals surface area contributed by atoms with E-state index in [9.17, 15) is 14.4 Å². The number of nitrogens with zero attached hydrogens (tertiary/aromatic N) is 4. The fourth-order valence-electron chi connectivity index (χ4n) is 2.95. The Balaban J connectivity index is 1.64. The van der Waals surface area contributed by atoms with Crippen molar-refractivity contribution in [3.8, 4) is 0 Å². The molecule has 0 atom stereocenters. The number of nitrogens with one attached hydrogen (secondary N) is 1. The van der Waals surface area contributed by atoms with Gasteiger partial charge in [-0.3, -0.25) is 9.59 Å². The Bertz CT molecular complexity index is 892. The van der Waals surface area contributed by atoms with E-state index < -0.39 is 5.97 Å². The van der Waals surface area contributed by atoms with E-state index >= 15 is 0 Å². The van der Waals surface area contributed by atoms with E-state index in [0.717, 1.165) is 0 Å². The van der Waals surface area contributed by atoms with Crippen LogP contribution in [0.25, 0.3) is 0 Å². The molecule has 0 saturated carbocycles. The number of anilines is 2. The van der Waals surface area contributed by atoms with Gasteiger partial charge in [0, 0.05) is 45.0 Å². The minimum absolute atomic E-state index is 0.0488. The van der Waals surface area contributed by atoms with E-state index in [1.54, 1.807) is 49.2 Å². The summed E-state index contributed by atoms with van der Waals surface area (Å²) in [5.74, 6) is -0.276. The van der Waals surface area contributed by atoms with E-state index in [4.69, 9.17) is 4.74 Å². The average Bonchev–Trinajstić information content (AvgIpc) is 2.74. The van der Waals surface area contributed by atoms with Crippen LogP contribution in [-0.4, -0.2) is 65.4 Å². The Morgan fingerprint density at radius 2 is 1.76 bits per heavy atom. The lowest BCUT2D eigenvalue weighted by molar-refractivity contribution is -0.129. The van der Waals surface area contributed by atoms with Gasteiger partial charge >= 0.3 is 5.97 Å². The van der Waals surface area contributed by atoms with Gasteiger partial charge in [0.25, 0.3) is 5.91 Å². The Morgan fingerprint density at radius 1 is 1.07 bits per heavy atom. The number of ether oxygens (including phenoxy) is 1. The Hall–Kier alpha value is -3.49. The number of amides is 2. The van der Waals surface area contributed by atoms with Crippen molar-refractivity contribution in [3.63, 3.8) is 0 Å². The summed E-state index contributed by atoms with van der Waals surface area (Å²) in [6.45, 7) is 6.02. The molecule has 2 amide bonds. The molecule has 9 heteroatoms. The molecule has 0 radical (unpaired) electrons. The number of hydrogen-bond acceptors (Lipinski definition) is 7.